The second-order valence-electron chi connectivity index (χ2n) is 5.07. The van der Waals surface area contributed by atoms with Crippen LogP contribution in [-0.2, 0) is 4.74 Å². The number of aryl methyl sites for hydroxylation is 2. The summed E-state index contributed by atoms with van der Waals surface area (Å²) in [7, 11) is 0. The molecule has 0 spiro atoms. The molecule has 0 aliphatic heterocycles. The number of carbonyl (C=O) groups excluding carboxylic acids is 2. The number of hydrogen-bond donors (Lipinski definition) is 1. The predicted molar refractivity (Wildman–Crippen MR) is 86.3 cm³/mol. The summed E-state index contributed by atoms with van der Waals surface area (Å²) in [4.78, 5) is 24.1. The van der Waals surface area contributed by atoms with Crippen LogP contribution < -0.4 is 5.32 Å². The Kier molecular flexibility index (Phi) is 4.94. The van der Waals surface area contributed by atoms with E-state index in [1.807, 2.05) is 32.0 Å². The van der Waals surface area contributed by atoms with E-state index >= 15 is 0 Å². The molecule has 0 saturated carbocycles. The molecule has 0 radical (unpaired) electrons. The normalized spacial score (nSPS) is 10.1. The SMILES string of the molecule is CCOC(=O)c1ccc(C)c(NC(=O)c2cccc(C)c2)c1. The first-order valence-corrected chi connectivity index (χ1v) is 7.17. The molecule has 0 aliphatic rings. The van der Waals surface area contributed by atoms with E-state index in [1.54, 1.807) is 31.2 Å². The van der Waals surface area contributed by atoms with Crippen molar-refractivity contribution in [1.29, 1.82) is 0 Å². The van der Waals surface area contributed by atoms with Crippen molar-refractivity contribution in [2.45, 2.75) is 20.8 Å². The number of ether oxygens (including phenoxy) is 1. The van der Waals surface area contributed by atoms with Crippen LogP contribution in [0, 0.1) is 13.8 Å². The van der Waals surface area contributed by atoms with Gasteiger partial charge in [-0.2, -0.15) is 0 Å². The number of esters is 1. The van der Waals surface area contributed by atoms with Crippen molar-refractivity contribution in [1.82, 2.24) is 0 Å². The highest BCUT2D eigenvalue weighted by Crippen LogP contribution is 2.19. The second kappa shape index (κ2) is 6.89. The average molecular weight is 297 g/mol. The first-order chi connectivity index (χ1) is 10.5. The predicted octanol–water partition coefficient (Wildman–Crippen LogP) is 3.73. The van der Waals surface area contributed by atoms with E-state index in [0.29, 0.717) is 23.4 Å². The van der Waals surface area contributed by atoms with Crippen LogP contribution in [0.5, 0.6) is 0 Å². The molecule has 2 rings (SSSR count). The Balaban J connectivity index is 2.23. The van der Waals surface area contributed by atoms with Crippen molar-refractivity contribution in [3.63, 3.8) is 0 Å². The van der Waals surface area contributed by atoms with E-state index in [9.17, 15) is 9.59 Å². The Morgan fingerprint density at radius 1 is 1.05 bits per heavy atom. The van der Waals surface area contributed by atoms with Crippen LogP contribution in [-0.4, -0.2) is 18.5 Å². The molecule has 0 aromatic heterocycles. The molecule has 0 atom stereocenters. The maximum atomic E-state index is 12.3. The molecule has 1 N–H and O–H groups in total. The summed E-state index contributed by atoms with van der Waals surface area (Å²) in [5, 5.41) is 2.84. The van der Waals surface area contributed by atoms with Crippen molar-refractivity contribution >= 4 is 17.6 Å². The Labute approximate surface area is 130 Å². The van der Waals surface area contributed by atoms with Crippen molar-refractivity contribution in [3.8, 4) is 0 Å². The van der Waals surface area contributed by atoms with E-state index in [1.165, 1.54) is 0 Å². The van der Waals surface area contributed by atoms with Gasteiger partial charge in [0.25, 0.3) is 5.91 Å². The standard InChI is InChI=1S/C18H19NO3/c1-4-22-18(21)15-9-8-13(3)16(11-15)19-17(20)14-7-5-6-12(2)10-14/h5-11H,4H2,1-3H3,(H,19,20). The summed E-state index contributed by atoms with van der Waals surface area (Å²) < 4.78 is 4.98. The second-order valence-corrected chi connectivity index (χ2v) is 5.07. The highest BCUT2D eigenvalue weighted by Gasteiger charge is 2.12. The van der Waals surface area contributed by atoms with Crippen LogP contribution in [0.15, 0.2) is 42.5 Å². The van der Waals surface area contributed by atoms with Gasteiger partial charge >= 0.3 is 5.97 Å². The number of hydrogen-bond acceptors (Lipinski definition) is 3. The lowest BCUT2D eigenvalue weighted by Crippen LogP contribution is -2.14. The van der Waals surface area contributed by atoms with Crippen LogP contribution in [0.3, 0.4) is 0 Å². The number of amides is 1. The molecule has 2 aromatic carbocycles. The van der Waals surface area contributed by atoms with E-state index in [0.717, 1.165) is 11.1 Å². The van der Waals surface area contributed by atoms with Gasteiger partial charge in [0, 0.05) is 11.3 Å². The molecule has 1 amide bonds. The van der Waals surface area contributed by atoms with Gasteiger partial charge < -0.3 is 10.1 Å². The van der Waals surface area contributed by atoms with Gasteiger partial charge in [-0.1, -0.05) is 23.8 Å². The van der Waals surface area contributed by atoms with Gasteiger partial charge in [0.05, 0.1) is 12.2 Å². The third kappa shape index (κ3) is 3.73. The largest absolute Gasteiger partial charge is 0.462 e. The van der Waals surface area contributed by atoms with Crippen LogP contribution in [0.2, 0.25) is 0 Å². The zero-order valence-corrected chi connectivity index (χ0v) is 13.0. The summed E-state index contributed by atoms with van der Waals surface area (Å²) in [6, 6.07) is 12.5. The molecule has 0 heterocycles. The maximum Gasteiger partial charge on any atom is 0.338 e. The van der Waals surface area contributed by atoms with Crippen molar-refractivity contribution in [3.05, 3.63) is 64.7 Å². The smallest absolute Gasteiger partial charge is 0.338 e. The average Bonchev–Trinajstić information content (AvgIpc) is 2.49. The Hall–Kier alpha value is -2.62. The molecule has 4 heteroatoms. The molecule has 4 nitrogen and oxygen atoms in total. The van der Waals surface area contributed by atoms with E-state index < -0.39 is 5.97 Å². The van der Waals surface area contributed by atoms with Crippen LogP contribution in [0.4, 0.5) is 5.69 Å². The fourth-order valence-electron chi connectivity index (χ4n) is 2.08. The van der Waals surface area contributed by atoms with Crippen LogP contribution in [0.1, 0.15) is 38.8 Å². The van der Waals surface area contributed by atoms with Crippen LogP contribution in [0.25, 0.3) is 0 Å². The number of rotatable bonds is 4. The molecule has 0 bridgehead atoms. The maximum absolute atomic E-state index is 12.3. The Morgan fingerprint density at radius 2 is 1.82 bits per heavy atom. The minimum atomic E-state index is -0.395. The summed E-state index contributed by atoms with van der Waals surface area (Å²) in [6.07, 6.45) is 0. The fourth-order valence-corrected chi connectivity index (χ4v) is 2.08. The Bertz CT molecular complexity index is 707. The molecule has 0 saturated heterocycles. The first kappa shape index (κ1) is 15.8. The monoisotopic (exact) mass is 297 g/mol. The number of benzene rings is 2. The highest BCUT2D eigenvalue weighted by molar-refractivity contribution is 6.05. The van der Waals surface area contributed by atoms with Gasteiger partial charge in [0.15, 0.2) is 0 Å². The van der Waals surface area contributed by atoms with Gasteiger partial charge in [0.2, 0.25) is 0 Å². The van der Waals surface area contributed by atoms with Crippen molar-refractivity contribution in [2.75, 3.05) is 11.9 Å². The van der Waals surface area contributed by atoms with Crippen molar-refractivity contribution in [2.24, 2.45) is 0 Å². The molecule has 0 unspecified atom stereocenters. The minimum absolute atomic E-state index is 0.201. The molecule has 0 fully saturated rings. The zero-order chi connectivity index (χ0) is 16.1. The number of anilines is 1. The quantitative estimate of drug-likeness (QED) is 0.875. The van der Waals surface area contributed by atoms with E-state index in [-0.39, 0.29) is 5.91 Å². The summed E-state index contributed by atoms with van der Waals surface area (Å²) >= 11 is 0. The molecule has 114 valence electrons. The minimum Gasteiger partial charge on any atom is -0.462 e. The lowest BCUT2D eigenvalue weighted by molar-refractivity contribution is 0.0526. The first-order valence-electron chi connectivity index (χ1n) is 7.17. The van der Waals surface area contributed by atoms with Gasteiger partial charge in [-0.25, -0.2) is 4.79 Å². The van der Waals surface area contributed by atoms with Gasteiger partial charge in [-0.05, 0) is 50.6 Å². The van der Waals surface area contributed by atoms with Gasteiger partial charge in [-0.15, -0.1) is 0 Å². The molecule has 0 aliphatic carbocycles. The topological polar surface area (TPSA) is 55.4 Å². The van der Waals surface area contributed by atoms with E-state index in [4.69, 9.17) is 4.74 Å². The summed E-state index contributed by atoms with van der Waals surface area (Å²) in [5.41, 5.74) is 3.52. The third-order valence-electron chi connectivity index (χ3n) is 3.28. The third-order valence-corrected chi connectivity index (χ3v) is 3.28. The Morgan fingerprint density at radius 3 is 2.50 bits per heavy atom. The molecule has 22 heavy (non-hydrogen) atoms. The fraction of sp³-hybridized carbons (Fsp3) is 0.222. The molecular weight excluding hydrogens is 278 g/mol. The number of nitrogens with one attached hydrogen (secondary N) is 1. The van der Waals surface area contributed by atoms with Gasteiger partial charge in [0.1, 0.15) is 0 Å². The van der Waals surface area contributed by atoms with Crippen molar-refractivity contribution < 1.29 is 14.3 Å². The summed E-state index contributed by atoms with van der Waals surface area (Å²) in [6.45, 7) is 5.88. The molecular formula is C18H19NO3. The van der Waals surface area contributed by atoms with Gasteiger partial charge in [-0.3, -0.25) is 4.79 Å². The molecule has 2 aromatic rings. The van der Waals surface area contributed by atoms with E-state index in [2.05, 4.69) is 5.32 Å². The van der Waals surface area contributed by atoms with Crippen LogP contribution >= 0.6 is 0 Å². The highest BCUT2D eigenvalue weighted by atomic mass is 16.5. The zero-order valence-electron chi connectivity index (χ0n) is 13.0. The summed E-state index contributed by atoms with van der Waals surface area (Å²) in [5.74, 6) is -0.596. The lowest BCUT2D eigenvalue weighted by atomic mass is 10.1. The lowest BCUT2D eigenvalue weighted by Gasteiger charge is -2.11. The number of carbonyl (C=O) groups is 2.